The molecule has 0 fully saturated rings. The molecule has 12 nitrogen and oxygen atoms in total. The highest BCUT2D eigenvalue weighted by Gasteiger charge is 2.32. The summed E-state index contributed by atoms with van der Waals surface area (Å²) in [6.45, 7) is 0.686. The summed E-state index contributed by atoms with van der Waals surface area (Å²) in [5, 5.41) is 34.8. The number of carbonyl (C=O) groups is 5. The second kappa shape index (κ2) is 12.2. The van der Waals surface area contributed by atoms with Gasteiger partial charge in [0.1, 0.15) is 18.1 Å². The first kappa shape index (κ1) is 25.5. The summed E-state index contributed by atoms with van der Waals surface area (Å²) in [7, 11) is 0. The van der Waals surface area contributed by atoms with Crippen LogP contribution in [-0.2, 0) is 30.4 Å². The Morgan fingerprint density at radius 2 is 1.55 bits per heavy atom. The highest BCUT2D eigenvalue weighted by molar-refractivity contribution is 5.95. The molecule has 0 aliphatic rings. The predicted molar refractivity (Wildman–Crippen MR) is 107 cm³/mol. The quantitative estimate of drug-likeness (QED) is 0.185. The van der Waals surface area contributed by atoms with Crippen LogP contribution in [0.3, 0.4) is 0 Å². The molecule has 170 valence electrons. The number of benzene rings is 1. The molecule has 0 saturated heterocycles. The van der Waals surface area contributed by atoms with Gasteiger partial charge in [-0.15, -0.1) is 0 Å². The van der Waals surface area contributed by atoms with E-state index >= 15 is 0 Å². The van der Waals surface area contributed by atoms with Crippen LogP contribution in [0.1, 0.15) is 18.9 Å². The van der Waals surface area contributed by atoms with Gasteiger partial charge in [0.25, 0.3) is 0 Å². The van der Waals surface area contributed by atoms with Gasteiger partial charge in [-0.3, -0.25) is 19.2 Å². The Hall–Kier alpha value is -3.51. The van der Waals surface area contributed by atoms with Crippen LogP contribution >= 0.6 is 0 Å². The zero-order valence-corrected chi connectivity index (χ0v) is 16.8. The Kier molecular flexibility index (Phi) is 10.1. The fraction of sp³-hybridized carbons (Fsp3) is 0.421. The zero-order chi connectivity index (χ0) is 23.6. The Morgan fingerprint density at radius 3 is 2.03 bits per heavy atom. The van der Waals surface area contributed by atoms with Gasteiger partial charge in [-0.05, 0) is 12.5 Å². The minimum absolute atomic E-state index is 0.0451. The number of hydrogen-bond donors (Lipinski definition) is 7. The SMILES string of the molecule is CC(O)C(NC(=O)C(CC(=O)O)NC(=O)CN)C(=O)NC(Cc1ccccc1)C(=O)O. The first-order valence-corrected chi connectivity index (χ1v) is 9.31. The molecule has 3 amide bonds. The van der Waals surface area contributed by atoms with E-state index in [9.17, 15) is 34.2 Å². The molecule has 1 aromatic rings. The number of rotatable bonds is 12. The van der Waals surface area contributed by atoms with E-state index in [1.54, 1.807) is 30.3 Å². The average molecular weight is 438 g/mol. The van der Waals surface area contributed by atoms with Crippen LogP contribution in [0.25, 0.3) is 0 Å². The van der Waals surface area contributed by atoms with Gasteiger partial charge < -0.3 is 37.0 Å². The fourth-order valence-corrected chi connectivity index (χ4v) is 2.61. The van der Waals surface area contributed by atoms with Gasteiger partial charge in [-0.25, -0.2) is 4.79 Å². The van der Waals surface area contributed by atoms with E-state index in [0.29, 0.717) is 5.56 Å². The summed E-state index contributed by atoms with van der Waals surface area (Å²) in [6.07, 6.45) is -2.29. The van der Waals surface area contributed by atoms with Crippen LogP contribution in [0.4, 0.5) is 0 Å². The monoisotopic (exact) mass is 438 g/mol. The second-order valence-corrected chi connectivity index (χ2v) is 6.74. The number of carbonyl (C=O) groups excluding carboxylic acids is 3. The number of hydrogen-bond acceptors (Lipinski definition) is 7. The molecule has 12 heteroatoms. The number of aliphatic hydroxyl groups is 1. The summed E-state index contributed by atoms with van der Waals surface area (Å²) in [4.78, 5) is 59.0. The normalized spacial score (nSPS) is 14.4. The summed E-state index contributed by atoms with van der Waals surface area (Å²) in [5.74, 6) is -5.57. The van der Waals surface area contributed by atoms with Gasteiger partial charge in [-0.2, -0.15) is 0 Å². The van der Waals surface area contributed by atoms with Crippen molar-refractivity contribution in [3.05, 3.63) is 35.9 Å². The van der Waals surface area contributed by atoms with Gasteiger partial charge in [0.15, 0.2) is 0 Å². The molecular weight excluding hydrogens is 412 g/mol. The number of amides is 3. The minimum atomic E-state index is -1.60. The zero-order valence-electron chi connectivity index (χ0n) is 16.8. The molecule has 1 aromatic carbocycles. The Morgan fingerprint density at radius 1 is 0.935 bits per heavy atom. The molecular formula is C19H26N4O8. The van der Waals surface area contributed by atoms with Crippen LogP contribution in [0.5, 0.6) is 0 Å². The number of carboxylic acids is 2. The Labute approximate surface area is 177 Å². The van der Waals surface area contributed by atoms with E-state index in [0.717, 1.165) is 0 Å². The lowest BCUT2D eigenvalue weighted by Crippen LogP contribution is -2.59. The minimum Gasteiger partial charge on any atom is -0.481 e. The molecule has 8 N–H and O–H groups in total. The highest BCUT2D eigenvalue weighted by atomic mass is 16.4. The van der Waals surface area contributed by atoms with Crippen molar-refractivity contribution in [2.45, 2.75) is 44.0 Å². The van der Waals surface area contributed by atoms with Gasteiger partial charge in [-0.1, -0.05) is 30.3 Å². The smallest absolute Gasteiger partial charge is 0.326 e. The van der Waals surface area contributed by atoms with Crippen LogP contribution in [0, 0.1) is 0 Å². The van der Waals surface area contributed by atoms with Crippen molar-refractivity contribution >= 4 is 29.7 Å². The van der Waals surface area contributed by atoms with Crippen molar-refractivity contribution in [3.8, 4) is 0 Å². The third kappa shape index (κ3) is 8.80. The lowest BCUT2D eigenvalue weighted by molar-refractivity contribution is -0.144. The molecule has 0 spiro atoms. The van der Waals surface area contributed by atoms with Crippen molar-refractivity contribution < 1.29 is 39.3 Å². The first-order valence-electron chi connectivity index (χ1n) is 9.31. The first-order chi connectivity index (χ1) is 14.5. The standard InChI is InChI=1S/C19H26N4O8/c1-10(24)16(23-17(28)12(8-15(26)27)21-14(25)9-20)18(29)22-13(19(30)31)7-11-5-3-2-4-6-11/h2-6,10,12-13,16,24H,7-9,20H2,1H3,(H,21,25)(H,22,29)(H,23,28)(H,26,27)(H,30,31). The maximum Gasteiger partial charge on any atom is 0.326 e. The molecule has 1 rings (SSSR count). The topological polar surface area (TPSA) is 208 Å². The van der Waals surface area contributed by atoms with Crippen LogP contribution in [-0.4, -0.2) is 75.8 Å². The number of nitrogens with two attached hydrogens (primary N) is 1. The van der Waals surface area contributed by atoms with Crippen LogP contribution in [0.15, 0.2) is 30.3 Å². The summed E-state index contributed by atoms with van der Waals surface area (Å²) >= 11 is 0. The van der Waals surface area contributed by atoms with E-state index in [1.807, 2.05) is 0 Å². The maximum atomic E-state index is 12.6. The van der Waals surface area contributed by atoms with E-state index in [2.05, 4.69) is 16.0 Å². The molecule has 0 aliphatic carbocycles. The highest BCUT2D eigenvalue weighted by Crippen LogP contribution is 2.05. The Balaban J connectivity index is 2.93. The van der Waals surface area contributed by atoms with Crippen LogP contribution in [0.2, 0.25) is 0 Å². The Bertz CT molecular complexity index is 799. The second-order valence-electron chi connectivity index (χ2n) is 6.74. The molecule has 31 heavy (non-hydrogen) atoms. The van der Waals surface area contributed by atoms with Gasteiger partial charge in [0, 0.05) is 6.42 Å². The number of aliphatic hydroxyl groups excluding tert-OH is 1. The summed E-state index contributed by atoms with van der Waals surface area (Å²) < 4.78 is 0. The lowest BCUT2D eigenvalue weighted by Gasteiger charge is -2.25. The van der Waals surface area contributed by atoms with Crippen molar-refractivity contribution in [2.24, 2.45) is 5.73 Å². The van der Waals surface area contributed by atoms with Gasteiger partial charge >= 0.3 is 11.9 Å². The largest absolute Gasteiger partial charge is 0.481 e. The van der Waals surface area contributed by atoms with Crippen molar-refractivity contribution in [1.29, 1.82) is 0 Å². The van der Waals surface area contributed by atoms with Gasteiger partial charge in [0.2, 0.25) is 17.7 Å². The summed E-state index contributed by atoms with van der Waals surface area (Å²) in [6, 6.07) is 3.99. The van der Waals surface area contributed by atoms with Crippen molar-refractivity contribution in [1.82, 2.24) is 16.0 Å². The van der Waals surface area contributed by atoms with Crippen molar-refractivity contribution in [3.63, 3.8) is 0 Å². The lowest BCUT2D eigenvalue weighted by atomic mass is 10.0. The van der Waals surface area contributed by atoms with E-state index in [-0.39, 0.29) is 6.42 Å². The van der Waals surface area contributed by atoms with Crippen LogP contribution < -0.4 is 21.7 Å². The predicted octanol–water partition coefficient (Wildman–Crippen LogP) is -2.42. The molecule has 0 aliphatic heterocycles. The molecule has 4 unspecified atom stereocenters. The molecule has 0 bridgehead atoms. The maximum absolute atomic E-state index is 12.6. The molecule has 0 aromatic heterocycles. The molecule has 0 saturated carbocycles. The average Bonchev–Trinajstić information content (AvgIpc) is 2.70. The molecule has 4 atom stereocenters. The summed E-state index contributed by atoms with van der Waals surface area (Å²) in [5.41, 5.74) is 5.78. The number of carboxylic acid groups (broad SMARTS) is 2. The van der Waals surface area contributed by atoms with E-state index in [4.69, 9.17) is 10.8 Å². The van der Waals surface area contributed by atoms with Gasteiger partial charge in [0.05, 0.1) is 19.1 Å². The number of aliphatic carboxylic acids is 2. The third-order valence-corrected chi connectivity index (χ3v) is 4.18. The third-order valence-electron chi connectivity index (χ3n) is 4.18. The fourth-order valence-electron chi connectivity index (χ4n) is 2.61. The molecule has 0 heterocycles. The van der Waals surface area contributed by atoms with Crippen molar-refractivity contribution in [2.75, 3.05) is 6.54 Å². The number of nitrogens with one attached hydrogen (secondary N) is 3. The van der Waals surface area contributed by atoms with E-state index < -0.39 is 66.9 Å². The van der Waals surface area contributed by atoms with E-state index in [1.165, 1.54) is 6.92 Å². The molecule has 0 radical (unpaired) electrons.